The van der Waals surface area contributed by atoms with Gasteiger partial charge in [-0.1, -0.05) is 42.0 Å². The first-order valence-electron chi connectivity index (χ1n) is 5.78. The number of anilines is 1. The normalized spacial score (nSPS) is 10.2. The zero-order chi connectivity index (χ0) is 13.8. The molecular formula is C14H14ClN3S. The Kier molecular flexibility index (Phi) is 4.35. The number of hydrogen-bond donors (Lipinski definition) is 1. The van der Waals surface area contributed by atoms with Crippen LogP contribution in [0, 0.1) is 0 Å². The van der Waals surface area contributed by atoms with Crippen LogP contribution in [0.2, 0.25) is 5.02 Å². The van der Waals surface area contributed by atoms with Crippen molar-refractivity contribution in [1.29, 1.82) is 0 Å². The molecule has 0 atom stereocenters. The van der Waals surface area contributed by atoms with Gasteiger partial charge < -0.3 is 10.6 Å². The van der Waals surface area contributed by atoms with Crippen LogP contribution < -0.4 is 10.6 Å². The SMILES string of the molecule is CN(Cc1ccccc1Cl)c1ccc(C(N)=S)nc1. The summed E-state index contributed by atoms with van der Waals surface area (Å²) in [4.78, 5) is 6.60. The zero-order valence-corrected chi connectivity index (χ0v) is 12.1. The highest BCUT2D eigenvalue weighted by atomic mass is 35.5. The monoisotopic (exact) mass is 291 g/mol. The number of rotatable bonds is 4. The number of pyridine rings is 1. The van der Waals surface area contributed by atoms with Gasteiger partial charge in [0.25, 0.3) is 0 Å². The second kappa shape index (κ2) is 5.99. The van der Waals surface area contributed by atoms with Gasteiger partial charge in [0.15, 0.2) is 0 Å². The molecule has 1 aromatic carbocycles. The second-order valence-electron chi connectivity index (χ2n) is 4.21. The number of aromatic nitrogens is 1. The predicted molar refractivity (Wildman–Crippen MR) is 83.7 cm³/mol. The molecule has 0 saturated carbocycles. The minimum absolute atomic E-state index is 0.306. The van der Waals surface area contributed by atoms with Gasteiger partial charge in [0.05, 0.1) is 17.6 Å². The first-order valence-corrected chi connectivity index (χ1v) is 6.57. The molecule has 0 amide bonds. The fourth-order valence-corrected chi connectivity index (χ4v) is 2.05. The van der Waals surface area contributed by atoms with E-state index in [1.807, 2.05) is 43.4 Å². The van der Waals surface area contributed by atoms with Crippen LogP contribution in [0.15, 0.2) is 42.6 Å². The molecule has 1 aromatic heterocycles. The number of thiocarbonyl (C=S) groups is 1. The molecule has 0 spiro atoms. The summed E-state index contributed by atoms with van der Waals surface area (Å²) in [5, 5.41) is 0.766. The average molecular weight is 292 g/mol. The Morgan fingerprint density at radius 1 is 1.32 bits per heavy atom. The highest BCUT2D eigenvalue weighted by molar-refractivity contribution is 7.80. The number of nitrogens with two attached hydrogens (primary N) is 1. The molecule has 2 aromatic rings. The smallest absolute Gasteiger partial charge is 0.122 e. The van der Waals surface area contributed by atoms with Crippen molar-refractivity contribution >= 4 is 34.5 Å². The summed E-state index contributed by atoms with van der Waals surface area (Å²) in [5.74, 6) is 0. The van der Waals surface area contributed by atoms with Crippen molar-refractivity contribution in [2.45, 2.75) is 6.54 Å². The summed E-state index contributed by atoms with van der Waals surface area (Å²) < 4.78 is 0. The molecule has 19 heavy (non-hydrogen) atoms. The minimum Gasteiger partial charge on any atom is -0.388 e. The van der Waals surface area contributed by atoms with Gasteiger partial charge in [0, 0.05) is 18.6 Å². The fraction of sp³-hybridized carbons (Fsp3) is 0.143. The van der Waals surface area contributed by atoms with E-state index in [1.165, 1.54) is 0 Å². The molecule has 0 bridgehead atoms. The Morgan fingerprint density at radius 2 is 2.05 bits per heavy atom. The highest BCUT2D eigenvalue weighted by Crippen LogP contribution is 2.20. The Labute approximate surface area is 123 Å². The molecule has 0 unspecified atom stereocenters. The third-order valence-corrected chi connectivity index (χ3v) is 3.38. The van der Waals surface area contributed by atoms with Gasteiger partial charge in [-0.15, -0.1) is 0 Å². The molecule has 0 aliphatic carbocycles. The number of halogens is 1. The second-order valence-corrected chi connectivity index (χ2v) is 5.06. The quantitative estimate of drug-likeness (QED) is 0.880. The molecule has 0 saturated heterocycles. The molecule has 0 fully saturated rings. The lowest BCUT2D eigenvalue weighted by molar-refractivity contribution is 0.918. The topological polar surface area (TPSA) is 42.1 Å². The maximum atomic E-state index is 6.15. The Balaban J connectivity index is 2.14. The Hall–Kier alpha value is -1.65. The minimum atomic E-state index is 0.306. The van der Waals surface area contributed by atoms with Crippen molar-refractivity contribution in [1.82, 2.24) is 4.98 Å². The first-order chi connectivity index (χ1) is 9.08. The molecule has 0 aliphatic rings. The van der Waals surface area contributed by atoms with E-state index in [0.29, 0.717) is 17.2 Å². The van der Waals surface area contributed by atoms with E-state index >= 15 is 0 Å². The van der Waals surface area contributed by atoms with Crippen LogP contribution in [0.1, 0.15) is 11.3 Å². The van der Waals surface area contributed by atoms with E-state index in [1.54, 1.807) is 6.20 Å². The molecular weight excluding hydrogens is 278 g/mol. The van der Waals surface area contributed by atoms with E-state index in [9.17, 15) is 0 Å². The lowest BCUT2D eigenvalue weighted by Crippen LogP contribution is -2.18. The van der Waals surface area contributed by atoms with Crippen LogP contribution in [0.25, 0.3) is 0 Å². The summed E-state index contributed by atoms with van der Waals surface area (Å²) in [6.07, 6.45) is 1.76. The van der Waals surface area contributed by atoms with Crippen LogP contribution in [-0.2, 0) is 6.54 Å². The molecule has 98 valence electrons. The molecule has 2 N–H and O–H groups in total. The van der Waals surface area contributed by atoms with Gasteiger partial charge in [0.1, 0.15) is 4.99 Å². The van der Waals surface area contributed by atoms with Gasteiger partial charge in [-0.2, -0.15) is 0 Å². The van der Waals surface area contributed by atoms with E-state index in [4.69, 9.17) is 29.6 Å². The molecule has 3 nitrogen and oxygen atoms in total. The van der Waals surface area contributed by atoms with Gasteiger partial charge in [-0.05, 0) is 23.8 Å². The van der Waals surface area contributed by atoms with Gasteiger partial charge in [0.2, 0.25) is 0 Å². The average Bonchev–Trinajstić information content (AvgIpc) is 2.41. The lowest BCUT2D eigenvalue weighted by atomic mass is 10.2. The first kappa shape index (κ1) is 13.8. The third kappa shape index (κ3) is 3.43. The Bertz CT molecular complexity index is 583. The summed E-state index contributed by atoms with van der Waals surface area (Å²) in [6.45, 7) is 0.716. The van der Waals surface area contributed by atoms with Gasteiger partial charge in [-0.3, -0.25) is 4.98 Å². The molecule has 0 radical (unpaired) electrons. The maximum Gasteiger partial charge on any atom is 0.122 e. The Morgan fingerprint density at radius 3 is 2.63 bits per heavy atom. The van der Waals surface area contributed by atoms with Crippen LogP contribution in [0.3, 0.4) is 0 Å². The van der Waals surface area contributed by atoms with E-state index in [2.05, 4.69) is 9.88 Å². The van der Waals surface area contributed by atoms with Crippen molar-refractivity contribution in [3.63, 3.8) is 0 Å². The zero-order valence-electron chi connectivity index (χ0n) is 10.5. The van der Waals surface area contributed by atoms with Crippen molar-refractivity contribution in [3.8, 4) is 0 Å². The van der Waals surface area contributed by atoms with Crippen LogP contribution in [0.4, 0.5) is 5.69 Å². The van der Waals surface area contributed by atoms with E-state index in [0.717, 1.165) is 16.3 Å². The van der Waals surface area contributed by atoms with Crippen molar-refractivity contribution in [2.24, 2.45) is 5.73 Å². The van der Waals surface area contributed by atoms with Crippen molar-refractivity contribution < 1.29 is 0 Å². The fourth-order valence-electron chi connectivity index (χ4n) is 1.73. The number of benzene rings is 1. The van der Waals surface area contributed by atoms with E-state index in [-0.39, 0.29) is 0 Å². The van der Waals surface area contributed by atoms with E-state index < -0.39 is 0 Å². The molecule has 1 heterocycles. The molecule has 0 aliphatic heterocycles. The molecule has 5 heteroatoms. The van der Waals surface area contributed by atoms with Crippen molar-refractivity contribution in [3.05, 3.63) is 58.9 Å². The standard InChI is InChI=1S/C14H14ClN3S/c1-18(9-10-4-2-3-5-12(10)15)11-6-7-13(14(16)19)17-8-11/h2-8H,9H2,1H3,(H2,16,19). The van der Waals surface area contributed by atoms with Crippen LogP contribution >= 0.6 is 23.8 Å². The maximum absolute atomic E-state index is 6.15. The van der Waals surface area contributed by atoms with Crippen LogP contribution in [0.5, 0.6) is 0 Å². The summed E-state index contributed by atoms with van der Waals surface area (Å²) in [6, 6.07) is 11.6. The summed E-state index contributed by atoms with van der Waals surface area (Å²) in [7, 11) is 1.99. The van der Waals surface area contributed by atoms with Gasteiger partial charge in [-0.25, -0.2) is 0 Å². The van der Waals surface area contributed by atoms with Crippen molar-refractivity contribution in [2.75, 3.05) is 11.9 Å². The van der Waals surface area contributed by atoms with Gasteiger partial charge >= 0.3 is 0 Å². The summed E-state index contributed by atoms with van der Waals surface area (Å²) in [5.41, 5.74) is 8.21. The number of hydrogen-bond acceptors (Lipinski definition) is 3. The third-order valence-electron chi connectivity index (χ3n) is 2.81. The lowest BCUT2D eigenvalue weighted by Gasteiger charge is -2.19. The molecule has 2 rings (SSSR count). The largest absolute Gasteiger partial charge is 0.388 e. The predicted octanol–water partition coefficient (Wildman–Crippen LogP) is 3.01. The highest BCUT2D eigenvalue weighted by Gasteiger charge is 2.06. The number of nitrogens with zero attached hydrogens (tertiary/aromatic N) is 2. The summed E-state index contributed by atoms with van der Waals surface area (Å²) >= 11 is 11.0. The van der Waals surface area contributed by atoms with Crippen LogP contribution in [-0.4, -0.2) is 17.0 Å².